The Kier molecular flexibility index (Phi) is 24.7. The monoisotopic (exact) mass is 2000 g/mol. The van der Waals surface area contributed by atoms with Gasteiger partial charge in [0.25, 0.3) is 0 Å². The van der Waals surface area contributed by atoms with Crippen molar-refractivity contribution in [2.75, 3.05) is 73.3 Å². The van der Waals surface area contributed by atoms with Crippen LogP contribution in [0.25, 0.3) is 67.0 Å². The maximum atomic E-state index is 13.2. The molecule has 9 aliphatic rings. The highest BCUT2D eigenvalue weighted by atomic mass is 32.5. The van der Waals surface area contributed by atoms with Crippen LogP contribution in [0.4, 0.5) is 34.6 Å². The number of pyridine rings is 2. The highest BCUT2D eigenvalue weighted by molar-refractivity contribution is 8.07. The van der Waals surface area contributed by atoms with Crippen LogP contribution in [0.5, 0.6) is 0 Å². The van der Waals surface area contributed by atoms with E-state index in [0.29, 0.717) is 28.2 Å². The zero-order valence-electron chi connectivity index (χ0n) is 67.3. The van der Waals surface area contributed by atoms with Gasteiger partial charge in [0.05, 0.1) is 69.2 Å². The summed E-state index contributed by atoms with van der Waals surface area (Å²) >= 11 is 5.20. The molecule has 0 amide bonds. The van der Waals surface area contributed by atoms with Crippen LogP contribution in [0.3, 0.4) is 0 Å². The maximum Gasteiger partial charge on any atom is 0.472 e. The van der Waals surface area contributed by atoms with Crippen molar-refractivity contribution in [2.45, 2.75) is 155 Å². The van der Waals surface area contributed by atoms with Crippen LogP contribution in [-0.2, 0) is 118 Å². The summed E-state index contributed by atoms with van der Waals surface area (Å²) in [5, 5.41) is 67.0. The molecule has 70 heteroatoms. The average Bonchev–Trinajstić information content (AvgIpc) is 1.61. The summed E-state index contributed by atoms with van der Waals surface area (Å²) in [6.07, 6.45) is -25.4. The van der Waals surface area contributed by atoms with E-state index < -0.39 is 232 Å². The minimum atomic E-state index is -5.03. The number of hydrogen-bond donors (Lipinski definition) is 18. The van der Waals surface area contributed by atoms with E-state index in [1.807, 2.05) is 0 Å². The Morgan fingerprint density at radius 2 is 0.624 bits per heavy atom. The first kappa shape index (κ1) is 92.9. The molecule has 0 saturated carbocycles. The van der Waals surface area contributed by atoms with E-state index >= 15 is 0 Å². The Morgan fingerprint density at radius 3 is 0.970 bits per heavy atom. The molecule has 9 fully saturated rings. The van der Waals surface area contributed by atoms with Gasteiger partial charge in [-0.3, -0.25) is 77.3 Å². The van der Waals surface area contributed by atoms with E-state index in [1.165, 1.54) is 90.2 Å². The highest BCUT2D eigenvalue weighted by Crippen LogP contribution is 2.59. The van der Waals surface area contributed by atoms with Crippen LogP contribution in [0.1, 0.15) is 43.2 Å². The quantitative estimate of drug-likeness (QED) is 0.0726. The summed E-state index contributed by atoms with van der Waals surface area (Å²) in [5.74, 6) is 0.539. The fourth-order valence-corrected chi connectivity index (χ4v) is 22.2. The van der Waals surface area contributed by atoms with E-state index in [-0.39, 0.29) is 79.2 Å². The summed E-state index contributed by atoms with van der Waals surface area (Å²) in [7, 11) is -24.2. The van der Waals surface area contributed by atoms with E-state index in [2.05, 4.69) is 79.7 Å². The molecular weight excluding hydrogens is 1930 g/mol. The first-order valence-electron chi connectivity index (χ1n) is 38.9. The summed E-state index contributed by atoms with van der Waals surface area (Å²) < 4.78 is 173. The van der Waals surface area contributed by atoms with Crippen LogP contribution in [-0.4, -0.2) is 316 Å². The molecule has 12 aromatic rings. The third-order valence-corrected chi connectivity index (χ3v) is 28.5. The Morgan fingerprint density at radius 1 is 0.338 bits per heavy atom. The summed E-state index contributed by atoms with van der Waals surface area (Å²) in [4.78, 5) is 130. The van der Waals surface area contributed by atoms with Crippen molar-refractivity contribution in [3.8, 4) is 0 Å². The third kappa shape index (κ3) is 17.9. The van der Waals surface area contributed by atoms with Crippen molar-refractivity contribution in [2.24, 2.45) is 0 Å². The predicted molar refractivity (Wildman–Crippen MR) is 438 cm³/mol. The zero-order valence-corrected chi connectivity index (χ0v) is 73.4. The number of phosphoric acid groups is 2. The zero-order chi connectivity index (χ0) is 93.8. The number of aliphatic hydroxyl groups excluding tert-OH is 6. The van der Waals surface area contributed by atoms with E-state index in [4.69, 9.17) is 130 Å². The Hall–Kier alpha value is -9.16. The molecule has 24 N–H and O–H groups in total. The van der Waals surface area contributed by atoms with Gasteiger partial charge in [-0.15, -0.1) is 0 Å². The smallest absolute Gasteiger partial charge is 0.397 e. The first-order chi connectivity index (χ1) is 63.2. The Bertz CT molecular complexity index is 6250. The Balaban J connectivity index is 0.000000129. The van der Waals surface area contributed by atoms with Crippen LogP contribution < -0.4 is 34.4 Å². The van der Waals surface area contributed by atoms with Crippen molar-refractivity contribution in [1.29, 1.82) is 0 Å². The van der Waals surface area contributed by atoms with Gasteiger partial charge in [-0.2, -0.15) is 0 Å². The summed E-state index contributed by atoms with van der Waals surface area (Å²) in [5.41, 5.74) is 38.6. The average molecular weight is 2000 g/mol. The van der Waals surface area contributed by atoms with Crippen molar-refractivity contribution < 1.29 is 166 Å². The molecule has 21 heterocycles. The molecule has 21 rings (SSSR count). The fourth-order valence-electron chi connectivity index (χ4n) is 15.8. The molecule has 9 saturated heterocycles. The summed E-state index contributed by atoms with van der Waals surface area (Å²) in [6, 6.07) is 3.07. The van der Waals surface area contributed by atoms with Crippen molar-refractivity contribution in [1.82, 2.24) is 107 Å². The standard InChI is InChI=1S/C21H26N10O12P2.C21H25N9O12P2.C21H25N9O11P2S/c1-7-28-16(23)10-18(29-7)31(5-27-10)19-11(32)13-8(40-19)2-39-45(36,37)43-14-12(33)20(41-21(14)38-6-44(34,35)42-13)30-4-26-9-15(22)24-3-25-17(9)30;22-8-1-2-24-17-10(8)27-5-29(17)19-12(31)14-9(39-19)3-38-44(35,36)42-15-13(32)20(40-21(15)37-7-43(33,34)41-14)30-6-28-11-16(23)25-4-26-18(11)30;22-8-1-2-24-17-10(8)27-5-29(17)19-12(31)14-9(38-19)3-37-43(35,44)41-15-13(32)20(39-21(15)36-7-42(33,34)40-14)30-6-28-11-16(23)25-4-26-18(11)30/h3-5,8,11-14,19-21,32-33H,2,6H2,1H3,(H,34,35)(H,36,37)(H2,22,24,25)(H2,23,28,29);1-2,4-6,9,12-15,19-21,31-32H,3,7H2,(H2,22,24)(H,33,34)(H,35,36)(H2,23,25,26);1-2,4-6,9,12-15,19-21,31-32H,3,7H2,(H2,22,24)(H,33,34)(H,35,44)(H2,23,25,26)/t8-,11?,12?,13+,14-,19-,20-,21+;9-,12?,13?,14+,15-,19-,20-,21+;9-,12?,13?,14+,15-,19-,20-,21+,43?/m111/s1. The van der Waals surface area contributed by atoms with Gasteiger partial charge < -0.3 is 142 Å². The number of ether oxygens (including phenoxy) is 9. The molecule has 12 aromatic heterocycles. The predicted octanol–water partition coefficient (Wildman–Crippen LogP) is -3.27. The second kappa shape index (κ2) is 35.4. The van der Waals surface area contributed by atoms with Gasteiger partial charge >= 0.3 is 45.2 Å². The second-order valence-corrected chi connectivity index (χ2v) is 41.3. The van der Waals surface area contributed by atoms with Gasteiger partial charge in [0.1, 0.15) is 137 Å². The maximum absolute atomic E-state index is 13.2. The number of imidazole rings is 6. The molecular formula is C63H76N28O35P6S. The number of nitrogens with zero attached hydrogens (tertiary/aromatic N) is 22. The van der Waals surface area contributed by atoms with Gasteiger partial charge in [-0.05, 0) is 30.9 Å². The minimum Gasteiger partial charge on any atom is -0.397 e. The number of nitrogen functional groups attached to an aromatic ring is 6. The first-order valence-corrected chi connectivity index (χ1v) is 49.8. The molecule has 133 heavy (non-hydrogen) atoms. The fraction of sp³-hybridized carbons (Fsp3) is 0.492. The van der Waals surface area contributed by atoms with Crippen molar-refractivity contribution in [3.05, 3.63) is 87.3 Å². The molecule has 0 aliphatic carbocycles. The lowest BCUT2D eigenvalue weighted by Gasteiger charge is -2.29. The SMILES string of the molecule is Cc1nc(N)c2ncn([C@@H]3O[C@@H]4COP(=O)(O)O[C@@H]5C(O)[C@H](n6cnc7c(N)ncnc76)O[C@@H]5OCP(=O)(O)O[C@@H]4C3O)c2n1.Nc1ncnc2c1ncn2[C@@H]1O[C@@H]2OCP(=O)(O)O[C@@H]3C(O)[C@H](n4cnc5c(N)ccnc54)O[C@@H]3COP(=O)(O)O[C@@H]2C1O.Nc1ncnc2c1ncn2[C@@H]1O[C@@H]2OCP(=O)(O)O[C@@H]3C(O)[C@H](n4cnc5c(N)ccnc54)O[C@@H]3COP(O)(=S)O[C@@H]2C1O. The number of hydrogen-bond acceptors (Lipinski definition) is 52. The number of rotatable bonds is 6. The lowest BCUT2D eigenvalue weighted by Crippen LogP contribution is -2.38. The van der Waals surface area contributed by atoms with Gasteiger partial charge in [0.2, 0.25) is 0 Å². The molecule has 63 nitrogen and oxygen atoms in total. The largest absolute Gasteiger partial charge is 0.472 e. The molecule has 30 atom stereocenters. The van der Waals surface area contributed by atoms with Gasteiger partial charge in [-0.1, -0.05) is 0 Å². The lowest BCUT2D eigenvalue weighted by molar-refractivity contribution is -0.168. The second-order valence-electron chi connectivity index (χ2n) is 30.5. The number of phosphoric ester groups is 2. The Labute approximate surface area is 744 Å². The minimum absolute atomic E-state index is 0.0443. The molecule has 714 valence electrons. The molecule has 0 radical (unpaired) electrons. The van der Waals surface area contributed by atoms with Gasteiger partial charge in [0.15, 0.2) is 145 Å². The lowest BCUT2D eigenvalue weighted by atomic mass is 10.1. The molecule has 9 aliphatic heterocycles. The number of aromatic nitrogens is 22. The topological polar surface area (TPSA) is 886 Å². The highest BCUT2D eigenvalue weighted by Gasteiger charge is 2.59. The molecule has 0 aromatic carbocycles. The molecule has 0 bridgehead atoms. The number of fused-ring (bicyclic) bond motifs is 12. The van der Waals surface area contributed by atoms with E-state index in [1.54, 1.807) is 13.0 Å². The third-order valence-electron chi connectivity index (χ3n) is 21.8. The van der Waals surface area contributed by atoms with Gasteiger partial charge in [0, 0.05) is 12.4 Å². The van der Waals surface area contributed by atoms with Crippen LogP contribution in [0, 0.1) is 6.92 Å². The number of aliphatic hydroxyl groups is 6. The van der Waals surface area contributed by atoms with Crippen LogP contribution in [0.2, 0.25) is 0 Å². The normalized spacial score (nSPS) is 38.1. The van der Waals surface area contributed by atoms with Crippen LogP contribution >= 0.6 is 45.2 Å². The number of aryl methyl sites for hydroxylation is 1. The molecule has 0 spiro atoms. The van der Waals surface area contributed by atoms with Crippen molar-refractivity contribution >= 4 is 159 Å². The van der Waals surface area contributed by atoms with Gasteiger partial charge in [-0.25, -0.2) is 88.9 Å². The van der Waals surface area contributed by atoms with E-state index in [9.17, 15) is 82.8 Å². The number of anilines is 6. The molecule has 12 unspecified atom stereocenters. The van der Waals surface area contributed by atoms with Crippen LogP contribution in [0.15, 0.2) is 81.5 Å². The van der Waals surface area contributed by atoms with Crippen molar-refractivity contribution in [3.63, 3.8) is 0 Å². The summed E-state index contributed by atoms with van der Waals surface area (Å²) in [6.45, 7) is -4.67. The number of nitrogens with two attached hydrogens (primary N) is 6. The van der Waals surface area contributed by atoms with E-state index in [0.717, 1.165) is 12.7 Å².